The predicted octanol–water partition coefficient (Wildman–Crippen LogP) is 2.26. The van der Waals surface area contributed by atoms with Gasteiger partial charge in [0, 0.05) is 30.9 Å². The Bertz CT molecular complexity index is 878. The van der Waals surface area contributed by atoms with Crippen molar-refractivity contribution in [1.29, 1.82) is 0 Å². The molecule has 4 rings (SSSR count). The highest BCUT2D eigenvalue weighted by molar-refractivity contribution is 5.98. The van der Waals surface area contributed by atoms with Crippen LogP contribution in [0.1, 0.15) is 35.3 Å². The fraction of sp³-hybridized carbons (Fsp3) is 0.278. The van der Waals surface area contributed by atoms with Crippen LogP contribution in [0.25, 0.3) is 11.4 Å². The molecule has 1 aliphatic carbocycles. The number of rotatable bonds is 4. The molecule has 122 valence electrons. The van der Waals surface area contributed by atoms with Gasteiger partial charge >= 0.3 is 0 Å². The second-order valence-electron chi connectivity index (χ2n) is 6.07. The molecule has 2 aliphatic rings. The lowest BCUT2D eigenvalue weighted by Crippen LogP contribution is -2.36. The fourth-order valence-electron chi connectivity index (χ4n) is 3.42. The Hall–Kier alpha value is -2.89. The zero-order valence-corrected chi connectivity index (χ0v) is 13.5. The summed E-state index contributed by atoms with van der Waals surface area (Å²) in [6.07, 6.45) is 8.87. The van der Waals surface area contributed by atoms with E-state index in [9.17, 15) is 4.79 Å². The van der Waals surface area contributed by atoms with E-state index in [1.165, 1.54) is 5.57 Å². The number of anilines is 1. The van der Waals surface area contributed by atoms with Gasteiger partial charge in [-0.05, 0) is 24.1 Å². The Morgan fingerprint density at radius 2 is 2.29 bits per heavy atom. The lowest BCUT2D eigenvalue weighted by molar-refractivity contribution is 0.0941. The third-order valence-electron chi connectivity index (χ3n) is 4.54. The van der Waals surface area contributed by atoms with Crippen LogP contribution < -0.4 is 11.1 Å². The maximum atomic E-state index is 12.4. The molecule has 3 heterocycles. The molecule has 24 heavy (non-hydrogen) atoms. The van der Waals surface area contributed by atoms with Gasteiger partial charge in [-0.15, -0.1) is 0 Å². The first-order valence-corrected chi connectivity index (χ1v) is 8.17. The van der Waals surface area contributed by atoms with Gasteiger partial charge in [-0.2, -0.15) is 0 Å². The van der Waals surface area contributed by atoms with E-state index in [2.05, 4.69) is 38.9 Å². The standard InChI is InChI=1S/C18H19N5O/c1-2-8-23-15(14-6-7-20-18(19)22-14)9-12-16(23)13(10-21-17(12)24)11-4-3-5-11/h3-7,9,13H,2,8,10H2,1H3,(H,21,24)(H2,19,20,22). The molecular weight excluding hydrogens is 302 g/mol. The van der Waals surface area contributed by atoms with Crippen molar-refractivity contribution in [3.63, 3.8) is 0 Å². The van der Waals surface area contributed by atoms with Gasteiger partial charge in [0.25, 0.3) is 5.91 Å². The van der Waals surface area contributed by atoms with Gasteiger partial charge in [0.1, 0.15) is 0 Å². The summed E-state index contributed by atoms with van der Waals surface area (Å²) in [6.45, 7) is 3.58. The fourth-order valence-corrected chi connectivity index (χ4v) is 3.42. The number of hydrogen-bond donors (Lipinski definition) is 2. The SMILES string of the molecule is CCCn1c(-c2ccnc(N)n2)cc2c1C(C1=CC=C1)CNC2=O. The smallest absolute Gasteiger partial charge is 0.253 e. The van der Waals surface area contributed by atoms with Crippen LogP contribution in [0.4, 0.5) is 5.95 Å². The summed E-state index contributed by atoms with van der Waals surface area (Å²) in [4.78, 5) is 20.7. The Labute approximate surface area is 140 Å². The monoisotopic (exact) mass is 321 g/mol. The number of carbonyl (C=O) groups excluding carboxylic acids is 1. The highest BCUT2D eigenvalue weighted by atomic mass is 16.1. The molecule has 3 N–H and O–H groups in total. The van der Waals surface area contributed by atoms with Gasteiger partial charge < -0.3 is 15.6 Å². The summed E-state index contributed by atoms with van der Waals surface area (Å²) in [7, 11) is 0. The van der Waals surface area contributed by atoms with Crippen molar-refractivity contribution < 1.29 is 4.79 Å². The summed E-state index contributed by atoms with van der Waals surface area (Å²) >= 11 is 0. The van der Waals surface area contributed by atoms with Crippen molar-refractivity contribution >= 4 is 11.9 Å². The second kappa shape index (κ2) is 5.63. The zero-order valence-electron chi connectivity index (χ0n) is 13.5. The highest BCUT2D eigenvalue weighted by Gasteiger charge is 2.33. The lowest BCUT2D eigenvalue weighted by Gasteiger charge is -2.28. The van der Waals surface area contributed by atoms with Crippen LogP contribution in [0, 0.1) is 0 Å². The number of carbonyl (C=O) groups is 1. The van der Waals surface area contributed by atoms with Crippen LogP contribution in [0.5, 0.6) is 0 Å². The first-order chi connectivity index (χ1) is 11.7. The summed E-state index contributed by atoms with van der Waals surface area (Å²) in [5, 5.41) is 3.00. The molecule has 1 unspecified atom stereocenters. The molecule has 2 aromatic heterocycles. The molecule has 0 saturated carbocycles. The number of allylic oxidation sites excluding steroid dienone is 3. The second-order valence-corrected chi connectivity index (χ2v) is 6.07. The molecule has 0 spiro atoms. The van der Waals surface area contributed by atoms with Gasteiger partial charge in [-0.25, -0.2) is 9.97 Å². The first kappa shape index (κ1) is 14.7. The number of amides is 1. The summed E-state index contributed by atoms with van der Waals surface area (Å²) < 4.78 is 2.22. The Balaban J connectivity index is 1.91. The van der Waals surface area contributed by atoms with Crippen LogP contribution >= 0.6 is 0 Å². The van der Waals surface area contributed by atoms with Crippen molar-refractivity contribution in [3.8, 4) is 11.4 Å². The quantitative estimate of drug-likeness (QED) is 0.904. The molecule has 2 aromatic rings. The molecule has 6 heteroatoms. The summed E-state index contributed by atoms with van der Waals surface area (Å²) in [6, 6.07) is 3.76. The molecule has 0 saturated heterocycles. The van der Waals surface area contributed by atoms with E-state index in [-0.39, 0.29) is 17.8 Å². The number of aromatic nitrogens is 3. The van der Waals surface area contributed by atoms with Gasteiger partial charge in [0.15, 0.2) is 0 Å². The number of nitrogens with one attached hydrogen (secondary N) is 1. The largest absolute Gasteiger partial charge is 0.368 e. The average molecular weight is 321 g/mol. The number of nitrogen functional groups attached to an aromatic ring is 1. The van der Waals surface area contributed by atoms with E-state index in [1.54, 1.807) is 6.20 Å². The Morgan fingerprint density at radius 3 is 2.96 bits per heavy atom. The molecule has 0 aromatic carbocycles. The summed E-state index contributed by atoms with van der Waals surface area (Å²) in [5.74, 6) is 0.394. The van der Waals surface area contributed by atoms with Crippen LogP contribution in [-0.4, -0.2) is 27.0 Å². The van der Waals surface area contributed by atoms with Crippen LogP contribution in [0.15, 0.2) is 42.1 Å². The van der Waals surface area contributed by atoms with Crippen molar-refractivity contribution in [2.24, 2.45) is 0 Å². The molecule has 0 radical (unpaired) electrons. The minimum Gasteiger partial charge on any atom is -0.368 e. The van der Waals surface area contributed by atoms with Crippen molar-refractivity contribution in [2.75, 3.05) is 12.3 Å². The normalized spacial score (nSPS) is 18.6. The zero-order chi connectivity index (χ0) is 16.7. The molecule has 0 fully saturated rings. The Kier molecular flexibility index (Phi) is 3.45. The molecular formula is C18H19N5O. The first-order valence-electron chi connectivity index (χ1n) is 8.17. The van der Waals surface area contributed by atoms with Crippen molar-refractivity contribution in [2.45, 2.75) is 25.8 Å². The van der Waals surface area contributed by atoms with Crippen molar-refractivity contribution in [3.05, 3.63) is 53.4 Å². The van der Waals surface area contributed by atoms with E-state index in [0.717, 1.165) is 35.6 Å². The van der Waals surface area contributed by atoms with E-state index in [0.29, 0.717) is 6.54 Å². The molecule has 0 bridgehead atoms. The molecule has 1 aliphatic heterocycles. The topological polar surface area (TPSA) is 85.8 Å². The maximum Gasteiger partial charge on any atom is 0.253 e. The average Bonchev–Trinajstić information content (AvgIpc) is 2.89. The predicted molar refractivity (Wildman–Crippen MR) is 92.5 cm³/mol. The molecule has 1 amide bonds. The number of nitrogens with zero attached hydrogens (tertiary/aromatic N) is 3. The van der Waals surface area contributed by atoms with Gasteiger partial charge in [0.05, 0.1) is 17.0 Å². The van der Waals surface area contributed by atoms with Crippen molar-refractivity contribution in [1.82, 2.24) is 19.9 Å². The van der Waals surface area contributed by atoms with Crippen LogP contribution in [0.2, 0.25) is 0 Å². The van der Waals surface area contributed by atoms with E-state index < -0.39 is 0 Å². The molecule has 6 nitrogen and oxygen atoms in total. The van der Waals surface area contributed by atoms with Gasteiger partial charge in [0.2, 0.25) is 5.95 Å². The molecule has 1 atom stereocenters. The van der Waals surface area contributed by atoms with Crippen LogP contribution in [0.3, 0.4) is 0 Å². The third-order valence-corrected chi connectivity index (χ3v) is 4.54. The van der Waals surface area contributed by atoms with E-state index >= 15 is 0 Å². The van der Waals surface area contributed by atoms with Gasteiger partial charge in [-0.3, -0.25) is 4.79 Å². The van der Waals surface area contributed by atoms with Crippen LogP contribution in [-0.2, 0) is 6.54 Å². The minimum absolute atomic E-state index is 0.0247. The number of nitrogens with two attached hydrogens (primary N) is 1. The maximum absolute atomic E-state index is 12.4. The van der Waals surface area contributed by atoms with E-state index in [1.807, 2.05) is 18.2 Å². The Morgan fingerprint density at radius 1 is 1.46 bits per heavy atom. The number of fused-ring (bicyclic) bond motifs is 1. The lowest BCUT2D eigenvalue weighted by atomic mass is 9.86. The van der Waals surface area contributed by atoms with E-state index in [4.69, 9.17) is 5.73 Å². The summed E-state index contributed by atoms with van der Waals surface area (Å²) in [5.41, 5.74) is 10.5. The third kappa shape index (κ3) is 2.22. The minimum atomic E-state index is -0.0247. The number of hydrogen-bond acceptors (Lipinski definition) is 4. The highest BCUT2D eigenvalue weighted by Crippen LogP contribution is 2.38. The van der Waals surface area contributed by atoms with Gasteiger partial charge in [-0.1, -0.05) is 25.2 Å².